The molecule has 2 aliphatic rings. The van der Waals surface area contributed by atoms with E-state index in [0.717, 1.165) is 0 Å². The van der Waals surface area contributed by atoms with Crippen molar-refractivity contribution in [1.29, 1.82) is 0 Å². The van der Waals surface area contributed by atoms with E-state index in [9.17, 15) is 0 Å². The van der Waals surface area contributed by atoms with Gasteiger partial charge in [-0.2, -0.15) is 0 Å². The molecule has 184 valence electrons. The van der Waals surface area contributed by atoms with Crippen molar-refractivity contribution < 1.29 is 17.1 Å². The Hall–Kier alpha value is -2.78. The van der Waals surface area contributed by atoms with Crippen LogP contribution in [0.25, 0.3) is 0 Å². The van der Waals surface area contributed by atoms with E-state index in [4.69, 9.17) is 0 Å². The summed E-state index contributed by atoms with van der Waals surface area (Å²) in [5, 5.41) is 5.78. The first-order valence-electron chi connectivity index (χ1n) is 12.4. The van der Waals surface area contributed by atoms with Gasteiger partial charge in [0.25, 0.3) is 0 Å². The molecule has 0 saturated heterocycles. The first kappa shape index (κ1) is 27.3. The first-order valence-corrected chi connectivity index (χ1v) is 15.2. The second kappa shape index (κ2) is 14.2. The smallest absolute Gasteiger partial charge is 0.0237 e. The van der Waals surface area contributed by atoms with Crippen molar-refractivity contribution in [3.05, 3.63) is 170 Å². The molecule has 0 spiro atoms. The van der Waals surface area contributed by atoms with Gasteiger partial charge in [-0.25, -0.2) is 0 Å². The molecule has 4 aromatic rings. The molecule has 0 atom stereocenters. The summed E-state index contributed by atoms with van der Waals surface area (Å²) in [5.41, 5.74) is 1.06. The maximum Gasteiger partial charge on any atom is 0.0237 e. The van der Waals surface area contributed by atoms with Gasteiger partial charge in [-0.1, -0.05) is 170 Å². The van der Waals surface area contributed by atoms with Crippen LogP contribution >= 0.6 is 15.8 Å². The molecular formula is C34H30FeP2. The normalized spacial score (nSPS) is 14.1. The van der Waals surface area contributed by atoms with Crippen LogP contribution in [-0.2, 0) is 17.1 Å². The summed E-state index contributed by atoms with van der Waals surface area (Å²) >= 11 is 0. The molecule has 4 aromatic carbocycles. The minimum absolute atomic E-state index is 0. The van der Waals surface area contributed by atoms with Crippen molar-refractivity contribution in [3.63, 3.8) is 0 Å². The molecule has 0 radical (unpaired) electrons. The predicted molar refractivity (Wildman–Crippen MR) is 162 cm³/mol. The van der Waals surface area contributed by atoms with Crippen LogP contribution in [-0.4, -0.2) is 11.3 Å². The monoisotopic (exact) mass is 556 g/mol. The number of allylic oxidation sites excluding steroid dienone is 8. The summed E-state index contributed by atoms with van der Waals surface area (Å²) in [6.07, 6.45) is 17.9. The van der Waals surface area contributed by atoms with E-state index in [-0.39, 0.29) is 32.9 Å². The molecule has 0 heterocycles. The standard InChI is InChI=1S/2C17H15P.Fe/c2*1-3-9-15(10-4-1)18(17-13-7-8-14-17)16-11-5-2-6-12-16;/h2*1-14,17H;. The first-order chi connectivity index (χ1) is 17.9. The van der Waals surface area contributed by atoms with E-state index >= 15 is 0 Å². The van der Waals surface area contributed by atoms with Gasteiger partial charge in [-0.3, -0.25) is 0 Å². The second-order valence-corrected chi connectivity index (χ2v) is 13.3. The predicted octanol–water partition coefficient (Wildman–Crippen LogP) is 7.23. The molecule has 0 N–H and O–H groups in total. The summed E-state index contributed by atoms with van der Waals surface area (Å²) < 4.78 is 0. The van der Waals surface area contributed by atoms with Gasteiger partial charge in [0.05, 0.1) is 0 Å². The van der Waals surface area contributed by atoms with Gasteiger partial charge < -0.3 is 0 Å². The van der Waals surface area contributed by atoms with Crippen LogP contribution in [0.2, 0.25) is 0 Å². The zero-order valence-electron chi connectivity index (χ0n) is 20.6. The van der Waals surface area contributed by atoms with E-state index in [2.05, 4.69) is 170 Å². The number of rotatable bonds is 6. The molecule has 0 bridgehead atoms. The molecule has 0 saturated carbocycles. The third-order valence-corrected chi connectivity index (χ3v) is 11.5. The third-order valence-electron chi connectivity index (χ3n) is 6.19. The van der Waals surface area contributed by atoms with E-state index in [1.165, 1.54) is 21.2 Å². The van der Waals surface area contributed by atoms with Crippen molar-refractivity contribution in [2.75, 3.05) is 0 Å². The van der Waals surface area contributed by atoms with Gasteiger partial charge in [-0.05, 0) is 37.1 Å². The Morgan fingerprint density at radius 1 is 0.324 bits per heavy atom. The van der Waals surface area contributed by atoms with Crippen LogP contribution < -0.4 is 21.2 Å². The molecule has 2 aliphatic carbocycles. The zero-order chi connectivity index (χ0) is 24.4. The van der Waals surface area contributed by atoms with Gasteiger partial charge in [0, 0.05) is 28.4 Å². The van der Waals surface area contributed by atoms with Crippen LogP contribution in [0, 0.1) is 0 Å². The Balaban J connectivity index is 0.000000168. The quantitative estimate of drug-likeness (QED) is 0.174. The minimum Gasteiger partial charge on any atom is -0.0727 e. The summed E-state index contributed by atoms with van der Waals surface area (Å²) in [6, 6.07) is 43.4. The van der Waals surface area contributed by atoms with Crippen LogP contribution in [0.3, 0.4) is 0 Å². The SMILES string of the molecule is C1=CC(P(c2ccccc2)c2ccccc2)C=C1.C1=CC(P(c2ccccc2)c2ccccc2)C=C1.[Fe]. The minimum atomic E-state index is -0.326. The summed E-state index contributed by atoms with van der Waals surface area (Å²) in [6.45, 7) is 0. The number of hydrogen-bond donors (Lipinski definition) is 0. The average Bonchev–Trinajstić information content (AvgIpc) is 3.68. The molecule has 6 rings (SSSR count). The van der Waals surface area contributed by atoms with Crippen LogP contribution in [0.5, 0.6) is 0 Å². The Morgan fingerprint density at radius 3 is 0.757 bits per heavy atom. The fraction of sp³-hybridized carbons (Fsp3) is 0.0588. The zero-order valence-corrected chi connectivity index (χ0v) is 23.5. The topological polar surface area (TPSA) is 0 Å². The average molecular weight is 556 g/mol. The third kappa shape index (κ3) is 7.17. The molecule has 0 aromatic heterocycles. The largest absolute Gasteiger partial charge is 0.0727 e. The Morgan fingerprint density at radius 2 is 0.541 bits per heavy atom. The molecule has 37 heavy (non-hydrogen) atoms. The van der Waals surface area contributed by atoms with Crippen LogP contribution in [0.15, 0.2) is 170 Å². The van der Waals surface area contributed by atoms with Gasteiger partial charge >= 0.3 is 0 Å². The van der Waals surface area contributed by atoms with Crippen molar-refractivity contribution in [2.45, 2.75) is 11.3 Å². The van der Waals surface area contributed by atoms with Crippen LogP contribution in [0.1, 0.15) is 0 Å². The maximum absolute atomic E-state index is 2.31. The Labute approximate surface area is 234 Å². The van der Waals surface area contributed by atoms with Crippen molar-refractivity contribution in [2.24, 2.45) is 0 Å². The maximum atomic E-state index is 2.31. The number of hydrogen-bond acceptors (Lipinski definition) is 0. The summed E-state index contributed by atoms with van der Waals surface area (Å²) in [7, 11) is -0.651. The van der Waals surface area contributed by atoms with Gasteiger partial charge in [0.1, 0.15) is 0 Å². The van der Waals surface area contributed by atoms with E-state index < -0.39 is 0 Å². The van der Waals surface area contributed by atoms with E-state index in [0.29, 0.717) is 11.3 Å². The molecule has 0 amide bonds. The van der Waals surface area contributed by atoms with Gasteiger partial charge in [0.15, 0.2) is 0 Å². The summed E-state index contributed by atoms with van der Waals surface area (Å²) in [5.74, 6) is 0. The van der Waals surface area contributed by atoms with Crippen LogP contribution in [0.4, 0.5) is 0 Å². The Bertz CT molecular complexity index is 1120. The molecule has 3 heteroatoms. The van der Waals surface area contributed by atoms with E-state index in [1.54, 1.807) is 0 Å². The molecule has 0 aliphatic heterocycles. The summed E-state index contributed by atoms with van der Waals surface area (Å²) in [4.78, 5) is 0. The van der Waals surface area contributed by atoms with Crippen molar-refractivity contribution in [3.8, 4) is 0 Å². The second-order valence-electron chi connectivity index (χ2n) is 8.60. The van der Waals surface area contributed by atoms with E-state index in [1.807, 2.05) is 0 Å². The van der Waals surface area contributed by atoms with Crippen molar-refractivity contribution >= 4 is 37.1 Å². The fourth-order valence-corrected chi connectivity index (χ4v) is 9.56. The molecule has 0 fully saturated rings. The molecular weight excluding hydrogens is 526 g/mol. The fourth-order valence-electron chi connectivity index (χ4n) is 4.53. The molecule has 0 unspecified atom stereocenters. The van der Waals surface area contributed by atoms with Crippen molar-refractivity contribution in [1.82, 2.24) is 0 Å². The molecule has 0 nitrogen and oxygen atoms in total. The van der Waals surface area contributed by atoms with Gasteiger partial charge in [-0.15, -0.1) is 0 Å². The van der Waals surface area contributed by atoms with Gasteiger partial charge in [0.2, 0.25) is 0 Å². The number of benzene rings is 4. The Kier molecular flexibility index (Phi) is 10.5.